The maximum atomic E-state index is 12.5. The second kappa shape index (κ2) is 9.61. The first-order chi connectivity index (χ1) is 13.6. The summed E-state index contributed by atoms with van der Waals surface area (Å²) in [5.41, 5.74) is 1.90. The summed E-state index contributed by atoms with van der Waals surface area (Å²) in [4.78, 5) is 14.2. The number of ether oxygens (including phenoxy) is 1. The lowest BCUT2D eigenvalue weighted by molar-refractivity contribution is -0.127. The molecule has 3 rings (SSSR count). The molecule has 1 aromatic heterocycles. The number of amides is 1. The van der Waals surface area contributed by atoms with E-state index < -0.39 is 0 Å². The highest BCUT2D eigenvalue weighted by Crippen LogP contribution is 2.22. The Balaban J connectivity index is 1.57. The number of rotatable bonds is 8. The molecule has 0 aliphatic rings. The van der Waals surface area contributed by atoms with Crippen LogP contribution in [0.15, 0.2) is 60.0 Å². The molecule has 2 aromatic carbocycles. The van der Waals surface area contributed by atoms with E-state index in [1.165, 1.54) is 11.8 Å². The van der Waals surface area contributed by atoms with Crippen LogP contribution in [-0.2, 0) is 11.3 Å². The molecule has 3 aromatic rings. The summed E-state index contributed by atoms with van der Waals surface area (Å²) in [7, 11) is 1.79. The highest BCUT2D eigenvalue weighted by molar-refractivity contribution is 7.99. The molecule has 0 fully saturated rings. The second-order valence-corrected chi connectivity index (χ2v) is 7.46. The molecule has 1 heterocycles. The highest BCUT2D eigenvalue weighted by Gasteiger charge is 2.14. The van der Waals surface area contributed by atoms with Gasteiger partial charge in [0.05, 0.1) is 18.0 Å². The van der Waals surface area contributed by atoms with Gasteiger partial charge >= 0.3 is 0 Å². The van der Waals surface area contributed by atoms with Crippen molar-refractivity contribution in [3.8, 4) is 11.4 Å². The van der Waals surface area contributed by atoms with Crippen LogP contribution < -0.4 is 4.74 Å². The van der Waals surface area contributed by atoms with Crippen LogP contribution in [0.3, 0.4) is 0 Å². The maximum Gasteiger partial charge on any atom is 0.233 e. The average Bonchev–Trinajstić information content (AvgIpc) is 3.16. The minimum Gasteiger partial charge on any atom is -0.494 e. The van der Waals surface area contributed by atoms with Crippen molar-refractivity contribution in [2.45, 2.75) is 18.6 Å². The Morgan fingerprint density at radius 3 is 2.75 bits per heavy atom. The summed E-state index contributed by atoms with van der Waals surface area (Å²) in [6.45, 7) is 3.12. The number of benzene rings is 2. The third-order valence-corrected chi connectivity index (χ3v) is 5.17. The zero-order chi connectivity index (χ0) is 19.9. The van der Waals surface area contributed by atoms with E-state index in [1.807, 2.05) is 60.0 Å². The van der Waals surface area contributed by atoms with Crippen molar-refractivity contribution in [1.82, 2.24) is 19.7 Å². The summed E-state index contributed by atoms with van der Waals surface area (Å²) in [6.07, 6.45) is 1.61. The Bertz CT molecular complexity index is 930. The summed E-state index contributed by atoms with van der Waals surface area (Å²) in [6, 6.07) is 15.2. The smallest absolute Gasteiger partial charge is 0.233 e. The molecule has 0 N–H and O–H groups in total. The quantitative estimate of drug-likeness (QED) is 0.518. The first-order valence-electron chi connectivity index (χ1n) is 8.81. The molecule has 0 atom stereocenters. The predicted molar refractivity (Wildman–Crippen MR) is 111 cm³/mol. The van der Waals surface area contributed by atoms with Crippen LogP contribution in [0.25, 0.3) is 5.69 Å². The van der Waals surface area contributed by atoms with E-state index in [1.54, 1.807) is 18.3 Å². The van der Waals surface area contributed by atoms with Crippen molar-refractivity contribution in [2.75, 3.05) is 19.4 Å². The number of carbonyl (C=O) groups is 1. The van der Waals surface area contributed by atoms with Crippen molar-refractivity contribution < 1.29 is 9.53 Å². The molecule has 28 heavy (non-hydrogen) atoms. The molecule has 0 saturated carbocycles. The summed E-state index contributed by atoms with van der Waals surface area (Å²) >= 11 is 7.40. The Morgan fingerprint density at radius 2 is 2.04 bits per heavy atom. The van der Waals surface area contributed by atoms with Gasteiger partial charge in [0.15, 0.2) is 5.16 Å². The van der Waals surface area contributed by atoms with Crippen LogP contribution >= 0.6 is 23.4 Å². The van der Waals surface area contributed by atoms with Gasteiger partial charge < -0.3 is 9.64 Å². The van der Waals surface area contributed by atoms with Crippen molar-refractivity contribution >= 4 is 29.3 Å². The van der Waals surface area contributed by atoms with Crippen molar-refractivity contribution in [3.05, 3.63) is 65.4 Å². The number of aromatic nitrogens is 3. The van der Waals surface area contributed by atoms with Crippen molar-refractivity contribution in [2.24, 2.45) is 0 Å². The van der Waals surface area contributed by atoms with E-state index in [-0.39, 0.29) is 11.7 Å². The Hall–Kier alpha value is -2.51. The van der Waals surface area contributed by atoms with Gasteiger partial charge in [-0.15, -0.1) is 10.2 Å². The number of halogens is 1. The average molecular weight is 417 g/mol. The predicted octanol–water partition coefficient (Wildman–Crippen LogP) is 4.07. The molecule has 0 unspecified atom stereocenters. The fourth-order valence-electron chi connectivity index (χ4n) is 2.58. The molecular weight excluding hydrogens is 396 g/mol. The monoisotopic (exact) mass is 416 g/mol. The molecular formula is C20H21ClN4O2S. The van der Waals surface area contributed by atoms with Crippen LogP contribution in [0, 0.1) is 0 Å². The third-order valence-electron chi connectivity index (χ3n) is 4.01. The minimum atomic E-state index is 0.0135. The van der Waals surface area contributed by atoms with Crippen LogP contribution in [0.4, 0.5) is 0 Å². The van der Waals surface area contributed by atoms with E-state index in [2.05, 4.69) is 10.2 Å². The number of thioether (sulfide) groups is 1. The molecule has 0 radical (unpaired) electrons. The standard InChI is InChI=1S/C20H21ClN4O2S/c1-3-27-18-9-7-15(8-10-18)12-24(2)19(26)13-28-20-23-22-14-25(20)17-6-4-5-16(21)11-17/h4-11,14H,3,12-13H2,1-2H3. The van der Waals surface area contributed by atoms with E-state index in [0.29, 0.717) is 23.3 Å². The normalized spacial score (nSPS) is 10.7. The number of hydrogen-bond acceptors (Lipinski definition) is 5. The Morgan fingerprint density at radius 1 is 1.25 bits per heavy atom. The van der Waals surface area contributed by atoms with Gasteiger partial charge in [0.2, 0.25) is 5.91 Å². The molecule has 0 aliphatic carbocycles. The second-order valence-electron chi connectivity index (χ2n) is 6.08. The fourth-order valence-corrected chi connectivity index (χ4v) is 3.64. The van der Waals surface area contributed by atoms with Gasteiger partial charge in [-0.3, -0.25) is 9.36 Å². The summed E-state index contributed by atoms with van der Waals surface area (Å²) < 4.78 is 7.26. The Kier molecular flexibility index (Phi) is 6.95. The lowest BCUT2D eigenvalue weighted by Crippen LogP contribution is -2.27. The van der Waals surface area contributed by atoms with Crippen LogP contribution in [-0.4, -0.2) is 45.0 Å². The third kappa shape index (κ3) is 5.27. The molecule has 1 amide bonds. The van der Waals surface area contributed by atoms with Crippen LogP contribution in [0.2, 0.25) is 5.02 Å². The molecule has 8 heteroatoms. The number of hydrogen-bond donors (Lipinski definition) is 0. The van der Waals surface area contributed by atoms with E-state index in [4.69, 9.17) is 16.3 Å². The van der Waals surface area contributed by atoms with Gasteiger partial charge in [0.1, 0.15) is 12.1 Å². The van der Waals surface area contributed by atoms with Gasteiger partial charge in [0.25, 0.3) is 0 Å². The van der Waals surface area contributed by atoms with E-state index in [9.17, 15) is 4.79 Å². The molecule has 0 saturated heterocycles. The molecule has 146 valence electrons. The Labute approximate surface area is 173 Å². The molecule has 0 spiro atoms. The van der Waals surface area contributed by atoms with Gasteiger partial charge in [-0.1, -0.05) is 41.6 Å². The largest absolute Gasteiger partial charge is 0.494 e. The fraction of sp³-hybridized carbons (Fsp3) is 0.250. The SMILES string of the molecule is CCOc1ccc(CN(C)C(=O)CSc2nncn2-c2cccc(Cl)c2)cc1. The summed E-state index contributed by atoms with van der Waals surface area (Å²) in [5.74, 6) is 1.11. The maximum absolute atomic E-state index is 12.5. The van der Waals surface area contributed by atoms with Crippen LogP contribution in [0.1, 0.15) is 12.5 Å². The zero-order valence-corrected chi connectivity index (χ0v) is 17.3. The van der Waals surface area contributed by atoms with Gasteiger partial charge in [-0.05, 0) is 42.8 Å². The van der Waals surface area contributed by atoms with Crippen molar-refractivity contribution in [1.29, 1.82) is 0 Å². The number of nitrogens with zero attached hydrogens (tertiary/aromatic N) is 4. The van der Waals surface area contributed by atoms with E-state index >= 15 is 0 Å². The van der Waals surface area contributed by atoms with Gasteiger partial charge in [-0.25, -0.2) is 0 Å². The summed E-state index contributed by atoms with van der Waals surface area (Å²) in [5, 5.41) is 9.34. The lowest BCUT2D eigenvalue weighted by Gasteiger charge is -2.17. The first kappa shape index (κ1) is 20.2. The molecule has 0 aliphatic heterocycles. The van der Waals surface area contributed by atoms with Crippen LogP contribution in [0.5, 0.6) is 5.75 Å². The van der Waals surface area contributed by atoms with Crippen molar-refractivity contribution in [3.63, 3.8) is 0 Å². The van der Waals surface area contributed by atoms with Gasteiger partial charge in [0, 0.05) is 18.6 Å². The van der Waals surface area contributed by atoms with Gasteiger partial charge in [-0.2, -0.15) is 0 Å². The molecule has 0 bridgehead atoms. The lowest BCUT2D eigenvalue weighted by atomic mass is 10.2. The van der Waals surface area contributed by atoms with E-state index in [0.717, 1.165) is 17.0 Å². The molecule has 6 nitrogen and oxygen atoms in total. The zero-order valence-electron chi connectivity index (χ0n) is 15.7. The topological polar surface area (TPSA) is 60.2 Å². The minimum absolute atomic E-state index is 0.0135. The number of carbonyl (C=O) groups excluding carboxylic acids is 1. The first-order valence-corrected chi connectivity index (χ1v) is 10.2. The highest BCUT2D eigenvalue weighted by atomic mass is 35.5.